The van der Waals surface area contributed by atoms with Crippen LogP contribution in [-0.2, 0) is 48.0 Å². The summed E-state index contributed by atoms with van der Waals surface area (Å²) in [6.45, 7) is 8.23. The molecule has 3 aliphatic carbocycles. The van der Waals surface area contributed by atoms with Crippen LogP contribution >= 0.6 is 11.3 Å². The first-order valence-electron chi connectivity index (χ1n) is 23.8. The summed E-state index contributed by atoms with van der Waals surface area (Å²) in [6.07, 6.45) is 20.0. The van der Waals surface area contributed by atoms with Crippen molar-refractivity contribution < 1.29 is 14.2 Å². The quantitative estimate of drug-likeness (QED) is 0.184. The fraction of sp³-hybridized carbons (Fsp3) is 0.400. The van der Waals surface area contributed by atoms with Gasteiger partial charge in [-0.2, -0.15) is 0 Å². The molecule has 3 aromatic heterocycles. The average molecular weight is 913 g/mol. The predicted octanol–water partition coefficient (Wildman–Crippen LogP) is 10.6. The van der Waals surface area contributed by atoms with Crippen molar-refractivity contribution in [3.05, 3.63) is 136 Å². The molecule has 3 aliphatic heterocycles. The van der Waals surface area contributed by atoms with Gasteiger partial charge in [-0.3, -0.25) is 15.0 Å². The molecular weight excluding hydrogens is 853 g/mol. The summed E-state index contributed by atoms with van der Waals surface area (Å²) in [4.78, 5) is 31.9. The van der Waals surface area contributed by atoms with E-state index in [0.29, 0.717) is 5.88 Å². The van der Waals surface area contributed by atoms with Gasteiger partial charge in [0.15, 0.2) is 11.8 Å². The van der Waals surface area contributed by atoms with Crippen molar-refractivity contribution >= 4 is 29.0 Å². The molecule has 0 saturated heterocycles. The summed E-state index contributed by atoms with van der Waals surface area (Å²) in [7, 11) is 1.61. The van der Waals surface area contributed by atoms with E-state index in [2.05, 4.69) is 99.8 Å². The Labute approximate surface area is 398 Å². The van der Waals surface area contributed by atoms with Gasteiger partial charge in [-0.1, -0.05) is 54.6 Å². The number of pyridine rings is 1. The molecule has 0 bridgehead atoms. The fourth-order valence-corrected chi connectivity index (χ4v) is 12.0. The van der Waals surface area contributed by atoms with E-state index in [4.69, 9.17) is 34.9 Å². The monoisotopic (exact) mass is 912 g/mol. The largest absolute Gasteiger partial charge is 0.480 e. The number of hydrogen-bond acceptors (Lipinski definition) is 12. The molecule has 1 unspecified atom stereocenters. The number of aromatic nitrogens is 4. The third kappa shape index (κ3) is 9.00. The van der Waals surface area contributed by atoms with Gasteiger partial charge < -0.3 is 19.9 Å². The molecule has 344 valence electrons. The minimum absolute atomic E-state index is 0.00795. The standard InChI is InChI=1S/C19H22N4O.C19H20N2O.C17H18N2OS/c1-24-18-12-21-11-16(22-18)14-5-4-13-3-2-7-19(10-15(13)9-14)8-6-17(20)23-19;1-13-19(21-14(2)22-13)9-8-18-15(11-19)5-3-7-17(18)16-6-4-10-20-12-16;1-11-17(19-12(2)20-11)7-6-14-13(8-17)4-3-5-15(14)16-9-21-10-18-16/h4-5,9,11-12H,2-3,6-8,10H2,1H3,(H2,20,23);3-7,10,12-13H,8-9,11H2,1-2H3;3-5,9-11H,6-8H2,1-2H3/t19-;13-,19+;11?,17-/m110/s1. The van der Waals surface area contributed by atoms with Crippen LogP contribution in [0.5, 0.6) is 5.88 Å². The molecule has 0 saturated carbocycles. The molecule has 12 heteroatoms. The maximum absolute atomic E-state index is 5.98. The van der Waals surface area contributed by atoms with Crippen LogP contribution in [-0.4, -0.2) is 73.5 Å². The zero-order chi connectivity index (χ0) is 46.2. The third-order valence-corrected chi connectivity index (χ3v) is 15.5. The molecule has 11 nitrogen and oxygen atoms in total. The number of nitrogens with zero attached hydrogens (tertiary/aromatic N) is 7. The summed E-state index contributed by atoms with van der Waals surface area (Å²) < 4.78 is 16.8. The number of methoxy groups -OCH3 is 1. The van der Waals surface area contributed by atoms with Gasteiger partial charge in [0.1, 0.15) is 23.3 Å². The maximum Gasteiger partial charge on any atom is 0.232 e. The number of aryl methyl sites for hydroxylation is 1. The second-order valence-electron chi connectivity index (χ2n) is 19.1. The Morgan fingerprint density at radius 3 is 1.99 bits per heavy atom. The zero-order valence-corrected chi connectivity index (χ0v) is 40.1. The van der Waals surface area contributed by atoms with Crippen LogP contribution in [0.4, 0.5) is 0 Å². The first-order chi connectivity index (χ1) is 32.5. The molecule has 67 heavy (non-hydrogen) atoms. The molecule has 0 fully saturated rings. The van der Waals surface area contributed by atoms with E-state index in [1.165, 1.54) is 56.5 Å². The van der Waals surface area contributed by atoms with E-state index in [1.54, 1.807) is 30.8 Å². The number of aliphatic imine (C=N–C) groups is 3. The first-order valence-corrected chi connectivity index (χ1v) is 24.8. The smallest absolute Gasteiger partial charge is 0.232 e. The topological polar surface area (TPSA) is 142 Å². The van der Waals surface area contributed by atoms with Gasteiger partial charge in [0.05, 0.1) is 47.8 Å². The number of ether oxygens (including phenoxy) is 3. The van der Waals surface area contributed by atoms with Crippen molar-refractivity contribution in [2.75, 3.05) is 7.11 Å². The summed E-state index contributed by atoms with van der Waals surface area (Å²) in [6, 6.07) is 23.9. The minimum Gasteiger partial charge on any atom is -0.480 e. The summed E-state index contributed by atoms with van der Waals surface area (Å²) in [5.74, 6) is 3.02. The van der Waals surface area contributed by atoms with Crippen molar-refractivity contribution in [3.63, 3.8) is 0 Å². The van der Waals surface area contributed by atoms with Gasteiger partial charge in [0, 0.05) is 67.6 Å². The lowest BCUT2D eigenvalue weighted by Gasteiger charge is -2.35. The Kier molecular flexibility index (Phi) is 12.3. The Hall–Kier alpha value is -6.27. The molecule has 6 aliphatic rings. The van der Waals surface area contributed by atoms with Crippen molar-refractivity contribution in [2.24, 2.45) is 20.7 Å². The molecule has 3 spiro atoms. The van der Waals surface area contributed by atoms with Crippen molar-refractivity contribution in [1.29, 1.82) is 0 Å². The van der Waals surface area contributed by atoms with Crippen LogP contribution in [0.1, 0.15) is 99.6 Å². The molecule has 2 N–H and O–H groups in total. The second kappa shape index (κ2) is 18.4. The average Bonchev–Trinajstić information content (AvgIpc) is 4.10. The zero-order valence-electron chi connectivity index (χ0n) is 39.3. The van der Waals surface area contributed by atoms with E-state index in [1.807, 2.05) is 37.8 Å². The molecule has 3 aromatic carbocycles. The van der Waals surface area contributed by atoms with Crippen molar-refractivity contribution in [2.45, 2.75) is 134 Å². The molecule has 6 aromatic rings. The SMILES string of the molecule is CC1=N[C@]2(CCc3c(cccc3-c3cccnc3)C2)[C@@H](C)O1.CC1=N[C@]2(CCc3c(cccc3-c3cscn3)C2)C(C)O1.COc1cncc(-c2ccc3c(c2)C[C@@]2(CCC3)CCC(N)=N2)n1. The van der Waals surface area contributed by atoms with E-state index >= 15 is 0 Å². The van der Waals surface area contributed by atoms with E-state index in [-0.39, 0.29) is 28.8 Å². The highest BCUT2D eigenvalue weighted by Gasteiger charge is 2.46. The highest BCUT2D eigenvalue weighted by Crippen LogP contribution is 2.44. The summed E-state index contributed by atoms with van der Waals surface area (Å²) in [5.41, 5.74) is 23.1. The van der Waals surface area contributed by atoms with Crippen LogP contribution in [0.3, 0.4) is 0 Å². The van der Waals surface area contributed by atoms with E-state index in [9.17, 15) is 0 Å². The van der Waals surface area contributed by atoms with E-state index in [0.717, 1.165) is 105 Å². The van der Waals surface area contributed by atoms with Crippen LogP contribution < -0.4 is 10.5 Å². The molecule has 5 atom stereocenters. The highest BCUT2D eigenvalue weighted by atomic mass is 32.1. The minimum atomic E-state index is -0.0648. The van der Waals surface area contributed by atoms with Crippen molar-refractivity contribution in [3.8, 4) is 39.5 Å². The Morgan fingerprint density at radius 1 is 0.657 bits per heavy atom. The highest BCUT2D eigenvalue weighted by molar-refractivity contribution is 7.07. The van der Waals surface area contributed by atoms with Crippen LogP contribution in [0.2, 0.25) is 0 Å². The Bertz CT molecular complexity index is 2860. The number of rotatable bonds is 4. The number of amidine groups is 1. The second-order valence-corrected chi connectivity index (χ2v) is 19.9. The van der Waals surface area contributed by atoms with Gasteiger partial charge in [0.25, 0.3) is 0 Å². The lowest BCUT2D eigenvalue weighted by molar-refractivity contribution is 0.141. The number of nitrogens with two attached hydrogens (primary N) is 1. The molecule has 12 rings (SSSR count). The molecule has 0 amide bonds. The van der Waals surface area contributed by atoms with Gasteiger partial charge in [-0.05, 0) is 123 Å². The fourth-order valence-electron chi connectivity index (χ4n) is 11.5. The van der Waals surface area contributed by atoms with Crippen LogP contribution in [0.25, 0.3) is 33.6 Å². The van der Waals surface area contributed by atoms with Gasteiger partial charge in [-0.25, -0.2) is 20.0 Å². The molecule has 6 heterocycles. The predicted molar refractivity (Wildman–Crippen MR) is 268 cm³/mol. The normalized spacial score (nSPS) is 25.4. The first kappa shape index (κ1) is 44.6. The third-order valence-electron chi connectivity index (χ3n) is 15.0. The number of thiazole rings is 1. The van der Waals surface area contributed by atoms with Crippen LogP contribution in [0, 0.1) is 0 Å². The summed E-state index contributed by atoms with van der Waals surface area (Å²) in [5, 5.41) is 2.13. The van der Waals surface area contributed by atoms with Gasteiger partial charge in [-0.15, -0.1) is 11.3 Å². The van der Waals surface area contributed by atoms with Crippen molar-refractivity contribution in [1.82, 2.24) is 19.9 Å². The molecular formula is C55H60N8O3S. The molecule has 0 radical (unpaired) electrons. The Balaban J connectivity index is 0.000000118. The maximum atomic E-state index is 5.98. The number of fused-ring (bicyclic) bond motifs is 3. The number of hydrogen-bond donors (Lipinski definition) is 1. The van der Waals surface area contributed by atoms with Crippen LogP contribution in [0.15, 0.2) is 117 Å². The lowest BCUT2D eigenvalue weighted by atomic mass is 9.74. The van der Waals surface area contributed by atoms with Gasteiger partial charge >= 0.3 is 0 Å². The van der Waals surface area contributed by atoms with E-state index < -0.39 is 0 Å². The Morgan fingerprint density at radius 2 is 1.37 bits per heavy atom. The van der Waals surface area contributed by atoms with Gasteiger partial charge in [0.2, 0.25) is 5.88 Å². The lowest BCUT2D eigenvalue weighted by Crippen LogP contribution is -2.41. The summed E-state index contributed by atoms with van der Waals surface area (Å²) >= 11 is 1.65. The number of benzene rings is 3.